The molecule has 0 radical (unpaired) electrons. The van der Waals surface area contributed by atoms with Gasteiger partial charge in [-0.2, -0.15) is 9.49 Å². The quantitative estimate of drug-likeness (QED) is 0.114. The number of fused-ring (bicyclic) bond motifs is 1. The number of nitrogens with zero attached hydrogens (tertiary/aromatic N) is 2. The van der Waals surface area contributed by atoms with Gasteiger partial charge < -0.3 is 9.64 Å². The molecular weight excluding hydrogens is 532 g/mol. The Morgan fingerprint density at radius 3 is 2.48 bits per heavy atom. The lowest BCUT2D eigenvalue weighted by Crippen LogP contribution is -2.18. The first-order chi connectivity index (χ1) is 19.3. The van der Waals surface area contributed by atoms with Crippen LogP contribution in [0.3, 0.4) is 0 Å². The number of likely N-dealkylation sites (N-methyl/N-ethyl adjacent to an activating group) is 1. The number of halogens is 3. The molecule has 4 aromatic rings. The van der Waals surface area contributed by atoms with E-state index in [4.69, 9.17) is 16.3 Å². The summed E-state index contributed by atoms with van der Waals surface area (Å²) in [5.41, 5.74) is 4.70. The van der Waals surface area contributed by atoms with E-state index in [1.807, 2.05) is 43.3 Å². The molecule has 208 valence electrons. The van der Waals surface area contributed by atoms with Crippen LogP contribution in [0, 0.1) is 11.8 Å². The number of aromatic amines is 1. The zero-order chi connectivity index (χ0) is 28.6. The van der Waals surface area contributed by atoms with Gasteiger partial charge in [0.05, 0.1) is 22.5 Å². The van der Waals surface area contributed by atoms with Crippen molar-refractivity contribution in [2.75, 3.05) is 20.7 Å². The lowest BCUT2D eigenvalue weighted by atomic mass is 9.87. The van der Waals surface area contributed by atoms with Crippen molar-refractivity contribution in [1.82, 2.24) is 15.1 Å². The Hall–Kier alpha value is -3.97. The molecule has 8 heteroatoms. The number of carbonyl (C=O) groups is 1. The van der Waals surface area contributed by atoms with Crippen LogP contribution in [0.15, 0.2) is 72.8 Å². The first-order valence-electron chi connectivity index (χ1n) is 13.2. The topological polar surface area (TPSA) is 58.2 Å². The second-order valence-corrected chi connectivity index (χ2v) is 10.0. The van der Waals surface area contributed by atoms with Crippen molar-refractivity contribution < 1.29 is 18.3 Å². The zero-order valence-electron chi connectivity index (χ0n) is 22.8. The molecular formula is C32H32ClF2N3O2. The summed E-state index contributed by atoms with van der Waals surface area (Å²) in [6, 6.07) is 17.5. The number of H-pyrrole nitrogens is 1. The van der Waals surface area contributed by atoms with E-state index >= 15 is 0 Å². The minimum atomic E-state index is -0.502. The SMILES string of the molecule is CC/C(=C(/c1ccc(OCCCC/C=C/C(=O)N(C)C)cc1)c1ccc2n[nH]c(F)c2c1)c1ccc(F)cc1Cl. The van der Waals surface area contributed by atoms with Crippen molar-refractivity contribution in [3.8, 4) is 5.75 Å². The van der Waals surface area contributed by atoms with Crippen molar-refractivity contribution in [2.24, 2.45) is 0 Å². The van der Waals surface area contributed by atoms with Crippen molar-refractivity contribution in [3.63, 3.8) is 0 Å². The number of amides is 1. The number of benzene rings is 3. The number of unbranched alkanes of at least 4 members (excludes halogenated alkanes) is 2. The van der Waals surface area contributed by atoms with Gasteiger partial charge in [-0.15, -0.1) is 0 Å². The van der Waals surface area contributed by atoms with Crippen LogP contribution < -0.4 is 4.74 Å². The lowest BCUT2D eigenvalue weighted by molar-refractivity contribution is -0.123. The van der Waals surface area contributed by atoms with E-state index in [0.717, 1.165) is 52.8 Å². The number of aromatic nitrogens is 2. The van der Waals surface area contributed by atoms with Gasteiger partial charge in [0.1, 0.15) is 11.6 Å². The van der Waals surface area contributed by atoms with Crippen LogP contribution in [0.5, 0.6) is 5.75 Å². The van der Waals surface area contributed by atoms with E-state index < -0.39 is 11.8 Å². The normalized spacial score (nSPS) is 12.2. The minimum absolute atomic E-state index is 0.0208. The second-order valence-electron chi connectivity index (χ2n) is 9.60. The summed E-state index contributed by atoms with van der Waals surface area (Å²) in [5, 5.41) is 7.09. The van der Waals surface area contributed by atoms with Gasteiger partial charge >= 0.3 is 0 Å². The Morgan fingerprint density at radius 1 is 1.02 bits per heavy atom. The number of nitrogens with one attached hydrogen (secondary N) is 1. The minimum Gasteiger partial charge on any atom is -0.494 e. The maximum atomic E-state index is 14.4. The van der Waals surface area contributed by atoms with Gasteiger partial charge in [-0.1, -0.05) is 48.9 Å². The lowest BCUT2D eigenvalue weighted by Gasteiger charge is -2.18. The predicted molar refractivity (Wildman–Crippen MR) is 157 cm³/mol. The van der Waals surface area contributed by atoms with E-state index in [-0.39, 0.29) is 5.91 Å². The third-order valence-electron chi connectivity index (χ3n) is 6.59. The highest BCUT2D eigenvalue weighted by Gasteiger charge is 2.17. The van der Waals surface area contributed by atoms with Crippen molar-refractivity contribution >= 4 is 39.6 Å². The van der Waals surface area contributed by atoms with Crippen LogP contribution in [0.4, 0.5) is 8.78 Å². The number of hydrogen-bond donors (Lipinski definition) is 1. The fourth-order valence-corrected chi connectivity index (χ4v) is 4.77. The molecule has 0 spiro atoms. The molecule has 1 aromatic heterocycles. The molecule has 0 unspecified atom stereocenters. The fraction of sp³-hybridized carbons (Fsp3) is 0.250. The molecule has 0 aliphatic heterocycles. The summed E-state index contributed by atoms with van der Waals surface area (Å²) >= 11 is 6.49. The van der Waals surface area contributed by atoms with Crippen LogP contribution in [0.1, 0.15) is 49.3 Å². The van der Waals surface area contributed by atoms with Gasteiger partial charge in [-0.3, -0.25) is 9.89 Å². The van der Waals surface area contributed by atoms with Gasteiger partial charge in [0, 0.05) is 14.1 Å². The summed E-state index contributed by atoms with van der Waals surface area (Å²) in [5.74, 6) is -0.201. The first-order valence-corrected chi connectivity index (χ1v) is 13.6. The van der Waals surface area contributed by atoms with E-state index in [1.165, 1.54) is 17.0 Å². The average molecular weight is 564 g/mol. The average Bonchev–Trinajstić information content (AvgIpc) is 3.31. The summed E-state index contributed by atoms with van der Waals surface area (Å²) in [7, 11) is 3.45. The molecule has 1 amide bonds. The maximum absolute atomic E-state index is 14.4. The summed E-state index contributed by atoms with van der Waals surface area (Å²) in [4.78, 5) is 13.1. The molecule has 5 nitrogen and oxygen atoms in total. The zero-order valence-corrected chi connectivity index (χ0v) is 23.6. The maximum Gasteiger partial charge on any atom is 0.245 e. The number of rotatable bonds is 11. The van der Waals surface area contributed by atoms with Crippen molar-refractivity contribution in [1.29, 1.82) is 0 Å². The molecule has 1 N–H and O–H groups in total. The van der Waals surface area contributed by atoms with E-state index in [2.05, 4.69) is 10.2 Å². The molecule has 0 bridgehead atoms. The van der Waals surface area contributed by atoms with Crippen molar-refractivity contribution in [3.05, 3.63) is 106 Å². The Bertz CT molecular complexity index is 1540. The number of hydrogen-bond acceptors (Lipinski definition) is 3. The predicted octanol–water partition coefficient (Wildman–Crippen LogP) is 8.06. The highest BCUT2D eigenvalue weighted by molar-refractivity contribution is 6.32. The highest BCUT2D eigenvalue weighted by Crippen LogP contribution is 2.38. The van der Waals surface area contributed by atoms with Gasteiger partial charge in [0.25, 0.3) is 0 Å². The van der Waals surface area contributed by atoms with Crippen molar-refractivity contribution in [2.45, 2.75) is 32.6 Å². The fourth-order valence-electron chi connectivity index (χ4n) is 4.49. The van der Waals surface area contributed by atoms with E-state index in [9.17, 15) is 13.6 Å². The second kappa shape index (κ2) is 13.4. The molecule has 0 atom stereocenters. The summed E-state index contributed by atoms with van der Waals surface area (Å²) < 4.78 is 34.2. The number of ether oxygens (including phenoxy) is 1. The van der Waals surface area contributed by atoms with Crippen LogP contribution in [-0.4, -0.2) is 41.7 Å². The number of allylic oxidation sites excluding steroid dienone is 2. The smallest absolute Gasteiger partial charge is 0.245 e. The number of carbonyl (C=O) groups excluding carboxylic acids is 1. The largest absolute Gasteiger partial charge is 0.494 e. The summed E-state index contributed by atoms with van der Waals surface area (Å²) in [6.45, 7) is 2.56. The Kier molecular flexibility index (Phi) is 9.72. The molecule has 0 aliphatic carbocycles. The Morgan fingerprint density at radius 2 is 1.77 bits per heavy atom. The molecule has 0 saturated carbocycles. The standard InChI is InChI=1S/C32H32ClF2N3O2/c1-4-25(26-16-13-23(34)20-28(26)33)31(22-12-17-29-27(19-22)32(35)37-36-29)21-10-14-24(15-11-21)40-18-8-6-5-7-9-30(39)38(2)3/h7,9-17,19-20H,4-6,8,18H2,1-3H3,(H,36,37)/b9-7+,31-25+. The molecule has 0 aliphatic rings. The Balaban J connectivity index is 1.58. The third kappa shape index (κ3) is 6.96. The molecule has 3 aromatic carbocycles. The van der Waals surface area contributed by atoms with Gasteiger partial charge in [-0.05, 0) is 96.0 Å². The Labute approximate surface area is 238 Å². The molecule has 0 fully saturated rings. The first kappa shape index (κ1) is 29.0. The van der Waals surface area contributed by atoms with Crippen LogP contribution in [0.2, 0.25) is 5.02 Å². The highest BCUT2D eigenvalue weighted by atomic mass is 35.5. The third-order valence-corrected chi connectivity index (χ3v) is 6.90. The van der Waals surface area contributed by atoms with Gasteiger partial charge in [-0.25, -0.2) is 4.39 Å². The van der Waals surface area contributed by atoms with Crippen LogP contribution in [0.25, 0.3) is 22.0 Å². The van der Waals surface area contributed by atoms with Gasteiger partial charge in [0.2, 0.25) is 11.9 Å². The van der Waals surface area contributed by atoms with E-state index in [1.54, 1.807) is 38.4 Å². The monoisotopic (exact) mass is 563 g/mol. The van der Waals surface area contributed by atoms with Crippen LogP contribution in [-0.2, 0) is 4.79 Å². The summed E-state index contributed by atoms with van der Waals surface area (Å²) in [6.07, 6.45) is 6.66. The van der Waals surface area contributed by atoms with E-state index in [0.29, 0.717) is 29.0 Å². The molecule has 40 heavy (non-hydrogen) atoms. The van der Waals surface area contributed by atoms with Gasteiger partial charge in [0.15, 0.2) is 0 Å². The molecule has 1 heterocycles. The molecule has 0 saturated heterocycles. The van der Waals surface area contributed by atoms with Crippen LogP contribution >= 0.6 is 11.6 Å². The molecule has 4 rings (SSSR count).